The van der Waals surface area contributed by atoms with Crippen LogP contribution in [-0.2, 0) is 9.53 Å². The van der Waals surface area contributed by atoms with E-state index in [2.05, 4.69) is 0 Å². The molecule has 2 rings (SSSR count). The maximum Gasteiger partial charge on any atom is 0.302 e. The summed E-state index contributed by atoms with van der Waals surface area (Å²) < 4.78 is 11.3. The first-order valence-electron chi connectivity index (χ1n) is 8.38. The van der Waals surface area contributed by atoms with Crippen LogP contribution in [0.5, 0.6) is 5.75 Å². The summed E-state index contributed by atoms with van der Waals surface area (Å²) in [6.07, 6.45) is 4.06. The zero-order valence-electron chi connectivity index (χ0n) is 13.7. The Balaban J connectivity index is 1.93. The highest BCUT2D eigenvalue weighted by molar-refractivity contribution is 5.66. The van der Waals surface area contributed by atoms with E-state index in [4.69, 9.17) is 15.2 Å². The van der Waals surface area contributed by atoms with Crippen molar-refractivity contribution in [2.45, 2.75) is 51.2 Å². The summed E-state index contributed by atoms with van der Waals surface area (Å²) in [6, 6.07) is 7.47. The van der Waals surface area contributed by atoms with Crippen LogP contribution >= 0.6 is 0 Å². The van der Waals surface area contributed by atoms with E-state index < -0.39 is 6.10 Å². The van der Waals surface area contributed by atoms with Crippen molar-refractivity contribution >= 4 is 5.97 Å². The monoisotopic (exact) mass is 321 g/mol. The first-order valence-corrected chi connectivity index (χ1v) is 8.38. The number of esters is 1. The Kier molecular flexibility index (Phi) is 6.86. The SMILES string of the molecule is CC(=O)O[C@@H]1CCCCC1COc1cccc([C@H](O)CCN)c1. The lowest BCUT2D eigenvalue weighted by molar-refractivity contribution is -0.151. The van der Waals surface area contributed by atoms with Gasteiger partial charge in [0.15, 0.2) is 0 Å². The van der Waals surface area contributed by atoms with Gasteiger partial charge >= 0.3 is 5.97 Å². The highest BCUT2D eigenvalue weighted by atomic mass is 16.5. The first kappa shape index (κ1) is 17.8. The second-order valence-corrected chi connectivity index (χ2v) is 6.17. The van der Waals surface area contributed by atoms with Crippen molar-refractivity contribution in [1.29, 1.82) is 0 Å². The van der Waals surface area contributed by atoms with Crippen molar-refractivity contribution in [2.75, 3.05) is 13.2 Å². The largest absolute Gasteiger partial charge is 0.493 e. The summed E-state index contributed by atoms with van der Waals surface area (Å²) in [5.41, 5.74) is 6.30. The molecule has 3 N–H and O–H groups in total. The number of hydrogen-bond donors (Lipinski definition) is 2. The first-order chi connectivity index (χ1) is 11.1. The third kappa shape index (κ3) is 5.52. The molecular weight excluding hydrogens is 294 g/mol. The third-order valence-electron chi connectivity index (χ3n) is 4.30. The van der Waals surface area contributed by atoms with Crippen molar-refractivity contribution in [3.05, 3.63) is 29.8 Å². The van der Waals surface area contributed by atoms with Crippen molar-refractivity contribution in [3.63, 3.8) is 0 Å². The highest BCUT2D eigenvalue weighted by Crippen LogP contribution is 2.28. The zero-order valence-corrected chi connectivity index (χ0v) is 13.7. The van der Waals surface area contributed by atoms with Crippen LogP contribution < -0.4 is 10.5 Å². The van der Waals surface area contributed by atoms with Gasteiger partial charge in [-0.25, -0.2) is 0 Å². The number of aliphatic hydroxyl groups is 1. The van der Waals surface area contributed by atoms with Crippen molar-refractivity contribution in [1.82, 2.24) is 0 Å². The minimum absolute atomic E-state index is 0.0488. The molecule has 0 bridgehead atoms. The van der Waals surface area contributed by atoms with Crippen LogP contribution in [0.3, 0.4) is 0 Å². The molecule has 0 heterocycles. The Hall–Kier alpha value is -1.59. The molecule has 0 radical (unpaired) electrons. The molecule has 23 heavy (non-hydrogen) atoms. The molecule has 1 saturated carbocycles. The molecule has 3 atom stereocenters. The van der Waals surface area contributed by atoms with Gasteiger partial charge in [-0.1, -0.05) is 18.6 Å². The van der Waals surface area contributed by atoms with Crippen LogP contribution in [0.25, 0.3) is 0 Å². The minimum atomic E-state index is -0.563. The van der Waals surface area contributed by atoms with Gasteiger partial charge < -0.3 is 20.3 Å². The zero-order chi connectivity index (χ0) is 16.7. The summed E-state index contributed by atoms with van der Waals surface area (Å²) in [5.74, 6) is 0.727. The fourth-order valence-electron chi connectivity index (χ4n) is 3.07. The van der Waals surface area contributed by atoms with E-state index in [1.54, 1.807) is 0 Å². The van der Waals surface area contributed by atoms with Gasteiger partial charge in [0.25, 0.3) is 0 Å². The van der Waals surface area contributed by atoms with Gasteiger partial charge in [0, 0.05) is 12.8 Å². The summed E-state index contributed by atoms with van der Waals surface area (Å²) in [5, 5.41) is 10.0. The second kappa shape index (κ2) is 8.89. The lowest BCUT2D eigenvalue weighted by Gasteiger charge is -2.30. The maximum absolute atomic E-state index is 11.2. The van der Waals surface area contributed by atoms with Crippen molar-refractivity contribution in [3.8, 4) is 5.75 Å². The summed E-state index contributed by atoms with van der Waals surface area (Å²) >= 11 is 0. The van der Waals surface area contributed by atoms with Gasteiger partial charge in [-0.2, -0.15) is 0 Å². The molecule has 5 heteroatoms. The topological polar surface area (TPSA) is 81.8 Å². The van der Waals surface area contributed by atoms with Gasteiger partial charge in [-0.15, -0.1) is 0 Å². The number of rotatable bonds is 7. The Morgan fingerprint density at radius 1 is 1.39 bits per heavy atom. The molecule has 1 aromatic carbocycles. The van der Waals surface area contributed by atoms with Gasteiger partial charge in [-0.3, -0.25) is 4.79 Å². The van der Waals surface area contributed by atoms with Crippen LogP contribution in [0.2, 0.25) is 0 Å². The van der Waals surface area contributed by atoms with E-state index in [1.165, 1.54) is 6.92 Å². The number of benzene rings is 1. The Bertz CT molecular complexity index is 506. The molecule has 1 unspecified atom stereocenters. The molecule has 5 nitrogen and oxygen atoms in total. The number of ether oxygens (including phenoxy) is 2. The van der Waals surface area contributed by atoms with E-state index in [-0.39, 0.29) is 18.0 Å². The average molecular weight is 321 g/mol. The molecular formula is C18H27NO4. The molecule has 1 aliphatic rings. The standard InChI is InChI=1S/C18H27NO4/c1-13(20)23-18-8-3-2-5-15(18)12-22-16-7-4-6-14(11-16)17(21)9-10-19/h4,6-7,11,15,17-18,21H,2-3,5,8-10,12,19H2,1H3/t15?,17-,18-/m1/s1. The quantitative estimate of drug-likeness (QED) is 0.754. The predicted octanol–water partition coefficient (Wildman–Crippen LogP) is 2.57. The number of aliphatic hydroxyl groups excluding tert-OH is 1. The van der Waals surface area contributed by atoms with E-state index in [0.29, 0.717) is 19.6 Å². The maximum atomic E-state index is 11.2. The lowest BCUT2D eigenvalue weighted by atomic mass is 9.87. The van der Waals surface area contributed by atoms with Crippen LogP contribution in [0.1, 0.15) is 50.7 Å². The van der Waals surface area contributed by atoms with Crippen LogP contribution in [0, 0.1) is 5.92 Å². The third-order valence-corrected chi connectivity index (χ3v) is 4.30. The number of carbonyl (C=O) groups is 1. The summed E-state index contributed by atoms with van der Waals surface area (Å²) in [7, 11) is 0. The molecule has 0 amide bonds. The molecule has 0 aliphatic heterocycles. The minimum Gasteiger partial charge on any atom is -0.493 e. The number of carbonyl (C=O) groups excluding carboxylic acids is 1. The highest BCUT2D eigenvalue weighted by Gasteiger charge is 2.28. The fraction of sp³-hybridized carbons (Fsp3) is 0.611. The molecule has 0 aromatic heterocycles. The predicted molar refractivity (Wildman–Crippen MR) is 88.1 cm³/mol. The van der Waals surface area contributed by atoms with Gasteiger partial charge in [-0.05, 0) is 49.9 Å². The molecule has 1 aromatic rings. The Morgan fingerprint density at radius 3 is 2.91 bits per heavy atom. The van der Waals surface area contributed by atoms with Gasteiger partial charge in [0.05, 0.1) is 12.7 Å². The van der Waals surface area contributed by atoms with Gasteiger partial charge in [0.1, 0.15) is 11.9 Å². The molecule has 128 valence electrons. The fourth-order valence-corrected chi connectivity index (χ4v) is 3.07. The van der Waals surface area contributed by atoms with E-state index in [0.717, 1.165) is 37.0 Å². The van der Waals surface area contributed by atoms with E-state index >= 15 is 0 Å². The molecule has 0 spiro atoms. The van der Waals surface area contributed by atoms with E-state index in [9.17, 15) is 9.90 Å². The molecule has 0 saturated heterocycles. The van der Waals surface area contributed by atoms with Crippen LogP contribution in [0.15, 0.2) is 24.3 Å². The number of hydrogen-bond acceptors (Lipinski definition) is 5. The summed E-state index contributed by atoms with van der Waals surface area (Å²) in [6.45, 7) is 2.42. The van der Waals surface area contributed by atoms with E-state index in [1.807, 2.05) is 24.3 Å². The Labute approximate surface area is 137 Å². The number of nitrogens with two attached hydrogens (primary N) is 1. The van der Waals surface area contributed by atoms with Crippen LogP contribution in [-0.4, -0.2) is 30.3 Å². The average Bonchev–Trinajstić information content (AvgIpc) is 2.54. The molecule has 1 fully saturated rings. The Morgan fingerprint density at radius 2 is 2.17 bits per heavy atom. The second-order valence-electron chi connectivity index (χ2n) is 6.17. The van der Waals surface area contributed by atoms with Crippen molar-refractivity contribution < 1.29 is 19.4 Å². The van der Waals surface area contributed by atoms with Crippen LogP contribution in [0.4, 0.5) is 0 Å². The molecule has 1 aliphatic carbocycles. The van der Waals surface area contributed by atoms with Gasteiger partial charge in [0.2, 0.25) is 0 Å². The smallest absolute Gasteiger partial charge is 0.302 e. The van der Waals surface area contributed by atoms with Crippen molar-refractivity contribution in [2.24, 2.45) is 11.7 Å². The lowest BCUT2D eigenvalue weighted by Crippen LogP contribution is -2.33. The normalized spacial score (nSPS) is 22.4. The summed E-state index contributed by atoms with van der Waals surface area (Å²) in [4.78, 5) is 11.2.